The number of allylic oxidation sites excluding steroid dienone is 2. The molecule has 2 atom stereocenters. The number of hydrogen-bond donors (Lipinski definition) is 2. The topological polar surface area (TPSA) is 88.0 Å². The van der Waals surface area contributed by atoms with E-state index in [4.69, 9.17) is 4.74 Å². The number of ether oxygens (including phenoxy) is 1. The lowest BCUT2D eigenvalue weighted by Crippen LogP contribution is -2.64. The molecule has 0 aliphatic carbocycles. The van der Waals surface area contributed by atoms with Gasteiger partial charge in [0.2, 0.25) is 10.0 Å². The van der Waals surface area contributed by atoms with E-state index in [9.17, 15) is 13.5 Å². The van der Waals surface area contributed by atoms with Crippen LogP contribution in [0.4, 0.5) is 0 Å². The smallest absolute Gasteiger partial charge is 0.299 e. The highest BCUT2D eigenvalue weighted by atomic mass is 32.2. The molecule has 6 nitrogen and oxygen atoms in total. The van der Waals surface area contributed by atoms with Crippen LogP contribution in [-0.2, 0) is 19.5 Å². The van der Waals surface area contributed by atoms with Crippen molar-refractivity contribution in [3.8, 4) is 0 Å². The van der Waals surface area contributed by atoms with Crippen LogP contribution in [0.15, 0.2) is 66.2 Å². The molecule has 1 unspecified atom stereocenters. The molecule has 1 aromatic rings. The van der Waals surface area contributed by atoms with Crippen LogP contribution in [0.2, 0.25) is 0 Å². The van der Waals surface area contributed by atoms with E-state index in [1.165, 1.54) is 25.7 Å². The third kappa shape index (κ3) is 7.55. The van der Waals surface area contributed by atoms with Crippen molar-refractivity contribution < 1.29 is 18.3 Å². The van der Waals surface area contributed by atoms with Crippen LogP contribution in [0.25, 0.3) is 0 Å². The van der Waals surface area contributed by atoms with E-state index < -0.39 is 26.4 Å². The summed E-state index contributed by atoms with van der Waals surface area (Å²) in [6.07, 6.45) is 10.7. The normalized spacial score (nSPS) is 22.7. The van der Waals surface area contributed by atoms with E-state index in [1.54, 1.807) is 45.1 Å². The maximum Gasteiger partial charge on any atom is 0.299 e. The van der Waals surface area contributed by atoms with Crippen molar-refractivity contribution in [1.29, 1.82) is 0 Å². The molecule has 0 bridgehead atoms. The molecule has 196 valence electrons. The number of aliphatic hydroxyl groups excluding tert-OH is 1. The lowest BCUT2D eigenvalue weighted by Gasteiger charge is -2.47. The number of amidine groups is 1. The minimum atomic E-state index is -3.89. The summed E-state index contributed by atoms with van der Waals surface area (Å²) in [5.74, 6) is 0. The van der Waals surface area contributed by atoms with Crippen LogP contribution < -0.4 is 4.72 Å². The molecule has 1 aliphatic heterocycles. The molecule has 0 aromatic heterocycles. The maximum atomic E-state index is 13.4. The van der Waals surface area contributed by atoms with Crippen molar-refractivity contribution in [2.45, 2.75) is 90.0 Å². The van der Waals surface area contributed by atoms with Crippen molar-refractivity contribution in [1.82, 2.24) is 4.72 Å². The molecule has 1 heterocycles. The maximum absolute atomic E-state index is 13.4. The molecule has 1 fully saturated rings. The van der Waals surface area contributed by atoms with Gasteiger partial charge in [-0.1, -0.05) is 101 Å². The second-order valence-corrected chi connectivity index (χ2v) is 11.4. The Balaban J connectivity index is 0.000000905. The summed E-state index contributed by atoms with van der Waals surface area (Å²) >= 11 is 0. The number of aliphatic imine (C=N–C) groups is 1. The van der Waals surface area contributed by atoms with Gasteiger partial charge in [-0.3, -0.25) is 0 Å². The first-order chi connectivity index (χ1) is 16.4. The number of sulfonamides is 1. The second-order valence-electron chi connectivity index (χ2n) is 9.40. The predicted molar refractivity (Wildman–Crippen MR) is 147 cm³/mol. The van der Waals surface area contributed by atoms with Crippen molar-refractivity contribution in [3.05, 3.63) is 72.4 Å². The number of aryl methyl sites for hydroxylation is 1. The van der Waals surface area contributed by atoms with Gasteiger partial charge in [-0.05, 0) is 45.3 Å². The summed E-state index contributed by atoms with van der Waals surface area (Å²) in [5, 5.41) is 9.41. The SMILES string of the molecule is C=C/C=C(\C=C)[C@H](CCO)N=C1NS(=O)(=O)C(C)(c2cccc(C)c2)C(C)(C)O1.CCCCCC. The highest BCUT2D eigenvalue weighted by molar-refractivity contribution is 7.91. The number of rotatable bonds is 10. The second kappa shape index (κ2) is 13.6. The first-order valence-corrected chi connectivity index (χ1v) is 13.8. The van der Waals surface area contributed by atoms with Crippen LogP contribution in [0.3, 0.4) is 0 Å². The van der Waals surface area contributed by atoms with E-state index >= 15 is 0 Å². The van der Waals surface area contributed by atoms with E-state index in [2.05, 4.69) is 36.7 Å². The van der Waals surface area contributed by atoms with Crippen LogP contribution in [0.1, 0.15) is 77.8 Å². The first kappa shape index (κ1) is 30.7. The molecule has 0 spiro atoms. The Labute approximate surface area is 213 Å². The molecular formula is C28H44N2O4S. The zero-order valence-electron chi connectivity index (χ0n) is 22.3. The Hall–Kier alpha value is -2.38. The number of benzene rings is 1. The summed E-state index contributed by atoms with van der Waals surface area (Å²) in [7, 11) is -3.89. The largest absolute Gasteiger partial charge is 0.456 e. The Morgan fingerprint density at radius 3 is 2.29 bits per heavy atom. The third-order valence-corrected chi connectivity index (χ3v) is 8.64. The quantitative estimate of drug-likeness (QED) is 0.305. The highest BCUT2D eigenvalue weighted by Crippen LogP contribution is 2.44. The highest BCUT2D eigenvalue weighted by Gasteiger charge is 2.59. The fraction of sp³-hybridized carbons (Fsp3) is 0.536. The molecular weight excluding hydrogens is 460 g/mol. The number of nitrogens with one attached hydrogen (secondary N) is 1. The van der Waals surface area contributed by atoms with Crippen molar-refractivity contribution in [3.63, 3.8) is 0 Å². The van der Waals surface area contributed by atoms with Gasteiger partial charge in [0.05, 0.1) is 6.04 Å². The fourth-order valence-corrected chi connectivity index (χ4v) is 5.57. The number of unbranched alkanes of at least 4 members (excludes halogenated alkanes) is 3. The molecule has 2 rings (SSSR count). The average molecular weight is 505 g/mol. The standard InChI is InChI=1S/C22H30N2O4S.C6H14/c1-7-10-17(8-2)19(13-14-25)23-20-24-29(26,27)22(6,21(4,5)28-20)18-12-9-11-16(3)15-18;1-3-5-6-4-2/h7-12,15,19,25H,1-2,13-14H2,3-6H3,(H,23,24);3-6H2,1-2H3/b17-10+;/t19-,22?;/m0./s1. The first-order valence-electron chi connectivity index (χ1n) is 12.4. The van der Waals surface area contributed by atoms with Gasteiger partial charge in [0.1, 0.15) is 5.60 Å². The molecule has 2 N–H and O–H groups in total. The lowest BCUT2D eigenvalue weighted by atomic mass is 9.84. The van der Waals surface area contributed by atoms with Gasteiger partial charge < -0.3 is 9.84 Å². The zero-order chi connectivity index (χ0) is 26.7. The Morgan fingerprint density at radius 2 is 1.83 bits per heavy atom. The van der Waals surface area contributed by atoms with E-state index in [0.717, 1.165) is 5.56 Å². The summed E-state index contributed by atoms with van der Waals surface area (Å²) in [4.78, 5) is 4.44. The zero-order valence-corrected chi connectivity index (χ0v) is 23.1. The molecule has 1 saturated heterocycles. The number of hydrogen-bond acceptors (Lipinski definition) is 5. The van der Waals surface area contributed by atoms with E-state index in [1.807, 2.05) is 25.1 Å². The van der Waals surface area contributed by atoms with Gasteiger partial charge >= 0.3 is 0 Å². The molecule has 0 amide bonds. The summed E-state index contributed by atoms with van der Waals surface area (Å²) in [5.41, 5.74) is 1.19. The minimum Gasteiger partial charge on any atom is -0.456 e. The summed E-state index contributed by atoms with van der Waals surface area (Å²) in [6, 6.07) is 6.76. The van der Waals surface area contributed by atoms with Crippen LogP contribution in [0.5, 0.6) is 0 Å². The Bertz CT molecular complexity index is 1010. The Morgan fingerprint density at radius 1 is 1.20 bits per heavy atom. The summed E-state index contributed by atoms with van der Waals surface area (Å²) in [6.45, 7) is 18.8. The average Bonchev–Trinajstić information content (AvgIpc) is 2.79. The minimum absolute atomic E-state index is 0.101. The molecule has 0 radical (unpaired) electrons. The van der Waals surface area contributed by atoms with Crippen molar-refractivity contribution >= 4 is 16.0 Å². The van der Waals surface area contributed by atoms with Gasteiger partial charge in [0.15, 0.2) is 4.75 Å². The fourth-order valence-electron chi connectivity index (χ4n) is 3.92. The van der Waals surface area contributed by atoms with Gasteiger partial charge in [0, 0.05) is 6.61 Å². The summed E-state index contributed by atoms with van der Waals surface area (Å²) < 4.78 is 34.0. The number of aliphatic hydroxyl groups is 1. The van der Waals surface area contributed by atoms with Gasteiger partial charge in [-0.2, -0.15) is 0 Å². The third-order valence-electron chi connectivity index (χ3n) is 6.39. The van der Waals surface area contributed by atoms with E-state index in [0.29, 0.717) is 11.1 Å². The monoisotopic (exact) mass is 504 g/mol. The number of nitrogens with zero attached hydrogens (tertiary/aromatic N) is 1. The van der Waals surface area contributed by atoms with Gasteiger partial charge in [-0.15, -0.1) is 0 Å². The van der Waals surface area contributed by atoms with E-state index in [-0.39, 0.29) is 19.0 Å². The van der Waals surface area contributed by atoms with Crippen molar-refractivity contribution in [2.24, 2.45) is 4.99 Å². The Kier molecular flexibility index (Phi) is 11.9. The molecule has 35 heavy (non-hydrogen) atoms. The molecule has 1 aliphatic rings. The van der Waals surface area contributed by atoms with Gasteiger partial charge in [0.25, 0.3) is 6.02 Å². The molecule has 1 aromatic carbocycles. The molecule has 7 heteroatoms. The van der Waals surface area contributed by atoms with Crippen LogP contribution >= 0.6 is 0 Å². The van der Waals surface area contributed by atoms with Crippen molar-refractivity contribution in [2.75, 3.05) is 6.61 Å². The molecule has 0 saturated carbocycles. The predicted octanol–water partition coefficient (Wildman–Crippen LogP) is 5.93. The van der Waals surface area contributed by atoms with Crippen LogP contribution in [0, 0.1) is 6.92 Å². The van der Waals surface area contributed by atoms with Gasteiger partial charge in [-0.25, -0.2) is 18.1 Å². The lowest BCUT2D eigenvalue weighted by molar-refractivity contribution is 0.0383. The van der Waals surface area contributed by atoms with Crippen LogP contribution in [-0.4, -0.2) is 37.8 Å².